The van der Waals surface area contributed by atoms with E-state index in [2.05, 4.69) is 21.1 Å². The second-order valence-corrected chi connectivity index (χ2v) is 4.01. The maximum atomic E-state index is 8.94. The highest BCUT2D eigenvalue weighted by Gasteiger charge is 2.06. The highest BCUT2D eigenvalue weighted by Crippen LogP contribution is 2.00. The molecule has 10 heavy (non-hydrogen) atoms. The van der Waals surface area contributed by atoms with Gasteiger partial charge in [0, 0.05) is 0 Å². The van der Waals surface area contributed by atoms with Gasteiger partial charge in [0.05, 0.1) is 33.8 Å². The predicted octanol–water partition coefficient (Wildman–Crippen LogP) is 0.854. The first-order valence-corrected chi connectivity index (χ1v) is 3.90. The van der Waals surface area contributed by atoms with E-state index in [9.17, 15) is 0 Å². The van der Waals surface area contributed by atoms with Gasteiger partial charge in [0.15, 0.2) is 0 Å². The Hall–Kier alpha value is -0.0800. The molecule has 1 unspecified atom stereocenters. The summed E-state index contributed by atoms with van der Waals surface area (Å²) in [5.41, 5.74) is 0. The molecule has 0 saturated heterocycles. The number of rotatable bonds is 4. The van der Waals surface area contributed by atoms with Crippen LogP contribution < -0.4 is 0 Å². The Kier molecular flexibility index (Phi) is 3.91. The van der Waals surface area contributed by atoms with Crippen molar-refractivity contribution >= 4 is 0 Å². The van der Waals surface area contributed by atoms with Gasteiger partial charge in [0.25, 0.3) is 0 Å². The monoisotopic (exact) mass is 146 g/mol. The lowest BCUT2D eigenvalue weighted by atomic mass is 10.2. The van der Waals surface area contributed by atoms with Crippen molar-refractivity contribution in [2.75, 3.05) is 27.7 Å². The first kappa shape index (κ1) is 9.92. The minimum absolute atomic E-state index is 0.133. The minimum Gasteiger partial charge on any atom is -0.393 e. The van der Waals surface area contributed by atoms with Crippen LogP contribution in [0.15, 0.2) is 0 Å². The molecule has 0 aromatic carbocycles. The number of hydrogen-bond acceptors (Lipinski definition) is 1. The molecule has 0 fully saturated rings. The molecular weight excluding hydrogens is 126 g/mol. The second kappa shape index (κ2) is 3.94. The Morgan fingerprint density at radius 1 is 1.30 bits per heavy atom. The van der Waals surface area contributed by atoms with Crippen LogP contribution in [0, 0.1) is 0 Å². The highest BCUT2D eigenvalue weighted by molar-refractivity contribution is 4.45. The fourth-order valence-electron chi connectivity index (χ4n) is 0.861. The van der Waals surface area contributed by atoms with Crippen LogP contribution in [-0.2, 0) is 0 Å². The smallest absolute Gasteiger partial charge is 0.0781 e. The normalized spacial score (nSPS) is 15.3. The van der Waals surface area contributed by atoms with Crippen LogP contribution in [0.1, 0.15) is 19.8 Å². The maximum Gasteiger partial charge on any atom is 0.0781 e. The molecule has 0 saturated carbocycles. The fourth-order valence-corrected chi connectivity index (χ4v) is 0.861. The van der Waals surface area contributed by atoms with Crippen LogP contribution in [0.5, 0.6) is 0 Å². The zero-order valence-electron chi connectivity index (χ0n) is 7.59. The van der Waals surface area contributed by atoms with Gasteiger partial charge in [-0.15, -0.1) is 0 Å². The zero-order chi connectivity index (χ0) is 8.20. The Morgan fingerprint density at radius 2 is 1.80 bits per heavy atom. The number of nitrogens with zero attached hydrogens (tertiary/aromatic N) is 1. The molecule has 0 spiro atoms. The summed E-state index contributed by atoms with van der Waals surface area (Å²) in [5.74, 6) is 0. The van der Waals surface area contributed by atoms with E-state index >= 15 is 0 Å². The summed E-state index contributed by atoms with van der Waals surface area (Å²) >= 11 is 0. The third kappa shape index (κ3) is 7.92. The summed E-state index contributed by atoms with van der Waals surface area (Å²) in [6.45, 7) is 2.99. The fraction of sp³-hybridized carbons (Fsp3) is 1.00. The van der Waals surface area contributed by atoms with E-state index in [0.29, 0.717) is 0 Å². The van der Waals surface area contributed by atoms with E-state index in [1.165, 1.54) is 0 Å². The summed E-state index contributed by atoms with van der Waals surface area (Å²) in [6.07, 6.45) is 1.91. The Balaban J connectivity index is 3.21. The zero-order valence-corrected chi connectivity index (χ0v) is 7.59. The van der Waals surface area contributed by atoms with Gasteiger partial charge in [-0.2, -0.15) is 0 Å². The molecule has 2 heteroatoms. The summed E-state index contributed by atoms with van der Waals surface area (Å²) < 4.78 is 0.993. The third-order valence-corrected chi connectivity index (χ3v) is 1.45. The lowest BCUT2D eigenvalue weighted by molar-refractivity contribution is -0.870. The quantitative estimate of drug-likeness (QED) is 0.583. The van der Waals surface area contributed by atoms with E-state index in [1.54, 1.807) is 0 Å². The number of aliphatic hydroxyl groups is 1. The molecule has 1 N–H and O–H groups in total. The molecule has 62 valence electrons. The summed E-state index contributed by atoms with van der Waals surface area (Å²) in [4.78, 5) is 0. The molecule has 2 nitrogen and oxygen atoms in total. The Bertz CT molecular complexity index is 83.7. The van der Waals surface area contributed by atoms with Crippen molar-refractivity contribution in [3.63, 3.8) is 0 Å². The standard InChI is InChI=1S/C8H20NO/c1-8(10)6-5-7-9(2,3)4/h8,10H,5-7H2,1-4H3/q+1. The average molecular weight is 146 g/mol. The van der Waals surface area contributed by atoms with Crippen LogP contribution in [-0.4, -0.2) is 43.4 Å². The largest absolute Gasteiger partial charge is 0.393 e. The van der Waals surface area contributed by atoms with Crippen LogP contribution >= 0.6 is 0 Å². The SMILES string of the molecule is CC(O)CCC[N+](C)(C)C. The molecule has 0 radical (unpaired) electrons. The number of aliphatic hydroxyl groups excluding tert-OH is 1. The molecule has 0 aliphatic rings. The number of hydrogen-bond donors (Lipinski definition) is 1. The molecular formula is C8H20NO+. The molecule has 0 aliphatic carbocycles. The van der Waals surface area contributed by atoms with Crippen LogP contribution in [0.25, 0.3) is 0 Å². The summed E-state index contributed by atoms with van der Waals surface area (Å²) in [5, 5.41) is 8.94. The van der Waals surface area contributed by atoms with Crippen molar-refractivity contribution in [1.29, 1.82) is 0 Å². The molecule has 0 rings (SSSR count). The van der Waals surface area contributed by atoms with Crippen molar-refractivity contribution in [3.8, 4) is 0 Å². The lowest BCUT2D eigenvalue weighted by Crippen LogP contribution is -2.35. The van der Waals surface area contributed by atoms with Crippen molar-refractivity contribution in [3.05, 3.63) is 0 Å². The molecule has 0 aromatic heterocycles. The van der Waals surface area contributed by atoms with Crippen molar-refractivity contribution in [2.45, 2.75) is 25.9 Å². The van der Waals surface area contributed by atoms with Gasteiger partial charge in [-0.3, -0.25) is 0 Å². The van der Waals surface area contributed by atoms with Gasteiger partial charge in [-0.05, 0) is 19.8 Å². The molecule has 1 atom stereocenters. The van der Waals surface area contributed by atoms with Crippen molar-refractivity contribution in [1.82, 2.24) is 0 Å². The lowest BCUT2D eigenvalue weighted by Gasteiger charge is -2.23. The topological polar surface area (TPSA) is 20.2 Å². The van der Waals surface area contributed by atoms with E-state index in [1.807, 2.05) is 6.92 Å². The van der Waals surface area contributed by atoms with Gasteiger partial charge in [-0.1, -0.05) is 0 Å². The van der Waals surface area contributed by atoms with E-state index in [-0.39, 0.29) is 6.10 Å². The van der Waals surface area contributed by atoms with Gasteiger partial charge in [-0.25, -0.2) is 0 Å². The van der Waals surface area contributed by atoms with E-state index in [4.69, 9.17) is 5.11 Å². The van der Waals surface area contributed by atoms with Crippen LogP contribution in [0.2, 0.25) is 0 Å². The minimum atomic E-state index is -0.133. The summed E-state index contributed by atoms with van der Waals surface area (Å²) in [7, 11) is 6.51. The first-order valence-electron chi connectivity index (χ1n) is 3.90. The average Bonchev–Trinajstić information content (AvgIpc) is 1.59. The molecule has 0 amide bonds. The van der Waals surface area contributed by atoms with E-state index in [0.717, 1.165) is 23.9 Å². The first-order chi connectivity index (χ1) is 4.42. The van der Waals surface area contributed by atoms with Gasteiger partial charge >= 0.3 is 0 Å². The molecule has 0 aliphatic heterocycles. The molecule has 0 heterocycles. The van der Waals surface area contributed by atoms with Crippen molar-refractivity contribution < 1.29 is 9.59 Å². The second-order valence-electron chi connectivity index (χ2n) is 4.01. The summed E-state index contributed by atoms with van der Waals surface area (Å²) in [6, 6.07) is 0. The highest BCUT2D eigenvalue weighted by atomic mass is 16.3. The van der Waals surface area contributed by atoms with Crippen LogP contribution in [0.3, 0.4) is 0 Å². The molecule has 0 aromatic rings. The van der Waals surface area contributed by atoms with Gasteiger partial charge in [0.2, 0.25) is 0 Å². The van der Waals surface area contributed by atoms with Gasteiger partial charge < -0.3 is 9.59 Å². The maximum absolute atomic E-state index is 8.94. The Labute approximate surface area is 64.1 Å². The van der Waals surface area contributed by atoms with Gasteiger partial charge in [0.1, 0.15) is 0 Å². The molecule has 0 bridgehead atoms. The predicted molar refractivity (Wildman–Crippen MR) is 43.8 cm³/mol. The Morgan fingerprint density at radius 3 is 2.10 bits per heavy atom. The number of quaternary nitrogens is 1. The van der Waals surface area contributed by atoms with Crippen LogP contribution in [0.4, 0.5) is 0 Å². The van der Waals surface area contributed by atoms with Crippen molar-refractivity contribution in [2.24, 2.45) is 0 Å². The van der Waals surface area contributed by atoms with E-state index < -0.39 is 0 Å². The third-order valence-electron chi connectivity index (χ3n) is 1.45.